The Hall–Kier alpha value is -4.78. The highest BCUT2D eigenvalue weighted by Gasteiger charge is 2.32. The van der Waals surface area contributed by atoms with Gasteiger partial charge in [0.05, 0.1) is 24.1 Å². The van der Waals surface area contributed by atoms with E-state index in [0.29, 0.717) is 38.9 Å². The van der Waals surface area contributed by atoms with Crippen LogP contribution in [0.25, 0.3) is 11.1 Å². The average molecular weight is 651 g/mol. The summed E-state index contributed by atoms with van der Waals surface area (Å²) in [4.78, 5) is 57.3. The first-order chi connectivity index (χ1) is 22.2. The maximum absolute atomic E-state index is 14.3. The number of fused-ring (bicyclic) bond motifs is 1. The summed E-state index contributed by atoms with van der Waals surface area (Å²) in [6.07, 6.45) is 4.72. The third-order valence-corrected chi connectivity index (χ3v) is 9.08. The lowest BCUT2D eigenvalue weighted by molar-refractivity contribution is -0.136. The number of likely N-dealkylation sites (tertiary alicyclic amines) is 1. The molecule has 0 saturated carbocycles. The van der Waals surface area contributed by atoms with Crippen LogP contribution in [0.15, 0.2) is 63.0 Å². The standard InChI is InChI=1S/C32H32ClFN6O6/c1-45-23-6-5-20-16-28(41)39(13-7-21(20)15-23)22-8-11-37(12-9-22)29(42)18-38-17-25(24-3-2-4-26(34)30(24)33)31(43)40(32(38)44)14-10-27-36-35-19-46-27/h2-6,15,17,19,22H,7-14,16,18H2,1H3. The summed E-state index contributed by atoms with van der Waals surface area (Å²) in [6, 6.07) is 9.84. The third kappa shape index (κ3) is 6.32. The van der Waals surface area contributed by atoms with E-state index in [1.165, 1.54) is 18.3 Å². The Balaban J connectivity index is 1.18. The van der Waals surface area contributed by atoms with Crippen molar-refractivity contribution in [1.82, 2.24) is 29.1 Å². The molecule has 0 bridgehead atoms. The summed E-state index contributed by atoms with van der Waals surface area (Å²) in [7, 11) is 1.62. The second-order valence-corrected chi connectivity index (χ2v) is 11.7. The van der Waals surface area contributed by atoms with Gasteiger partial charge in [0.15, 0.2) is 0 Å². The number of hydrogen-bond donors (Lipinski definition) is 0. The van der Waals surface area contributed by atoms with Crippen molar-refractivity contribution >= 4 is 23.4 Å². The molecule has 2 aromatic carbocycles. The van der Waals surface area contributed by atoms with E-state index in [-0.39, 0.29) is 59.4 Å². The molecular formula is C32H32ClFN6O6. The Labute approximate surface area is 268 Å². The van der Waals surface area contributed by atoms with Gasteiger partial charge in [-0.15, -0.1) is 10.2 Å². The van der Waals surface area contributed by atoms with Crippen LogP contribution in [0.2, 0.25) is 5.02 Å². The summed E-state index contributed by atoms with van der Waals surface area (Å²) in [5, 5.41) is 7.13. The van der Waals surface area contributed by atoms with Crippen molar-refractivity contribution in [1.29, 1.82) is 0 Å². The van der Waals surface area contributed by atoms with E-state index >= 15 is 0 Å². The van der Waals surface area contributed by atoms with E-state index < -0.39 is 17.1 Å². The van der Waals surface area contributed by atoms with E-state index in [0.717, 1.165) is 44.9 Å². The molecule has 2 aliphatic rings. The second kappa shape index (κ2) is 13.3. The molecule has 0 N–H and O–H groups in total. The molecule has 46 heavy (non-hydrogen) atoms. The molecule has 6 rings (SSSR count). The van der Waals surface area contributed by atoms with Crippen molar-refractivity contribution in [2.45, 2.75) is 51.2 Å². The van der Waals surface area contributed by atoms with Crippen molar-refractivity contribution in [2.75, 3.05) is 26.7 Å². The molecule has 1 fully saturated rings. The van der Waals surface area contributed by atoms with Crippen molar-refractivity contribution in [3.8, 4) is 16.9 Å². The highest BCUT2D eigenvalue weighted by molar-refractivity contribution is 6.33. The number of nitrogens with zero attached hydrogens (tertiary/aromatic N) is 6. The number of rotatable bonds is 8. The van der Waals surface area contributed by atoms with Gasteiger partial charge in [-0.25, -0.2) is 9.18 Å². The van der Waals surface area contributed by atoms with E-state index in [2.05, 4.69) is 10.2 Å². The topological polar surface area (TPSA) is 133 Å². The molecule has 4 heterocycles. The lowest BCUT2D eigenvalue weighted by Gasteiger charge is -2.38. The lowest BCUT2D eigenvalue weighted by Crippen LogP contribution is -2.50. The van der Waals surface area contributed by atoms with Crippen molar-refractivity contribution in [3.63, 3.8) is 0 Å². The Morgan fingerprint density at radius 1 is 1.09 bits per heavy atom. The lowest BCUT2D eigenvalue weighted by atomic mass is 10.0. The number of halogens is 2. The minimum atomic E-state index is -0.723. The Kier molecular flexibility index (Phi) is 9.02. The summed E-state index contributed by atoms with van der Waals surface area (Å²) in [5.41, 5.74) is 0.774. The van der Waals surface area contributed by atoms with Crippen LogP contribution in [0.4, 0.5) is 4.39 Å². The van der Waals surface area contributed by atoms with Crippen molar-refractivity contribution in [2.24, 2.45) is 0 Å². The summed E-state index contributed by atoms with van der Waals surface area (Å²) in [5.74, 6) is 0.00262. The SMILES string of the molecule is COc1ccc2c(c1)CCN(C1CCN(C(=O)Cn3cc(-c4cccc(F)c4Cl)c(=O)n(CCc4nnco4)c3=O)CC1)C(=O)C2. The van der Waals surface area contributed by atoms with E-state index in [1.54, 1.807) is 12.0 Å². The molecule has 2 aromatic heterocycles. The summed E-state index contributed by atoms with van der Waals surface area (Å²) in [6.45, 7) is 0.943. The van der Waals surface area contributed by atoms with Crippen LogP contribution in [0.3, 0.4) is 0 Å². The predicted molar refractivity (Wildman–Crippen MR) is 165 cm³/mol. The van der Waals surface area contributed by atoms with Gasteiger partial charge in [0.1, 0.15) is 18.1 Å². The molecule has 2 amide bonds. The van der Waals surface area contributed by atoms with Gasteiger partial charge in [0.25, 0.3) is 5.56 Å². The predicted octanol–water partition coefficient (Wildman–Crippen LogP) is 2.72. The molecule has 240 valence electrons. The molecule has 4 aromatic rings. The maximum atomic E-state index is 14.3. The van der Waals surface area contributed by atoms with Crippen molar-refractivity contribution < 1.29 is 23.1 Å². The van der Waals surface area contributed by atoms with Gasteiger partial charge in [0.2, 0.25) is 24.1 Å². The van der Waals surface area contributed by atoms with E-state index in [4.69, 9.17) is 20.8 Å². The highest BCUT2D eigenvalue weighted by atomic mass is 35.5. The van der Waals surface area contributed by atoms with Crippen LogP contribution in [-0.4, -0.2) is 73.7 Å². The van der Waals surface area contributed by atoms with Gasteiger partial charge in [0, 0.05) is 50.4 Å². The Morgan fingerprint density at radius 2 is 1.89 bits per heavy atom. The molecule has 2 aliphatic heterocycles. The number of benzene rings is 2. The average Bonchev–Trinajstić information content (AvgIpc) is 3.52. The minimum Gasteiger partial charge on any atom is -0.497 e. The molecular weight excluding hydrogens is 619 g/mol. The Morgan fingerprint density at radius 3 is 2.63 bits per heavy atom. The first kappa shape index (κ1) is 31.2. The number of aryl methyl sites for hydroxylation is 1. The second-order valence-electron chi connectivity index (χ2n) is 11.4. The fourth-order valence-corrected chi connectivity index (χ4v) is 6.42. The fraction of sp³-hybridized carbons (Fsp3) is 0.375. The number of methoxy groups -OCH3 is 1. The maximum Gasteiger partial charge on any atom is 0.331 e. The van der Waals surface area contributed by atoms with Crippen LogP contribution in [0.1, 0.15) is 29.9 Å². The number of carbonyl (C=O) groups is 2. The quantitative estimate of drug-likeness (QED) is 0.284. The fourth-order valence-electron chi connectivity index (χ4n) is 6.20. The van der Waals surface area contributed by atoms with Gasteiger partial charge in [-0.3, -0.25) is 23.5 Å². The molecule has 14 heteroatoms. The molecule has 0 radical (unpaired) electrons. The van der Waals surface area contributed by atoms with Crippen LogP contribution in [-0.2, 0) is 41.9 Å². The van der Waals surface area contributed by atoms with Gasteiger partial charge >= 0.3 is 5.69 Å². The van der Waals surface area contributed by atoms with Crippen LogP contribution in [0, 0.1) is 5.82 Å². The van der Waals surface area contributed by atoms with Gasteiger partial charge in [-0.1, -0.05) is 29.8 Å². The highest BCUT2D eigenvalue weighted by Crippen LogP contribution is 2.28. The zero-order valence-electron chi connectivity index (χ0n) is 25.2. The molecule has 12 nitrogen and oxygen atoms in total. The minimum absolute atomic E-state index is 0.0104. The molecule has 0 aliphatic carbocycles. The van der Waals surface area contributed by atoms with Gasteiger partial charge in [-0.05, 0) is 48.6 Å². The van der Waals surface area contributed by atoms with Crippen LogP contribution >= 0.6 is 11.6 Å². The Bertz CT molecular complexity index is 1880. The van der Waals surface area contributed by atoms with E-state index in [9.17, 15) is 23.6 Å². The van der Waals surface area contributed by atoms with E-state index in [1.807, 2.05) is 23.1 Å². The van der Waals surface area contributed by atoms with Gasteiger partial charge in [-0.2, -0.15) is 0 Å². The zero-order chi connectivity index (χ0) is 32.4. The summed E-state index contributed by atoms with van der Waals surface area (Å²) >= 11 is 6.22. The first-order valence-corrected chi connectivity index (χ1v) is 15.4. The van der Waals surface area contributed by atoms with Gasteiger partial charge < -0.3 is 19.0 Å². The first-order valence-electron chi connectivity index (χ1n) is 15.0. The molecule has 0 atom stereocenters. The number of amides is 2. The third-order valence-electron chi connectivity index (χ3n) is 8.69. The van der Waals surface area contributed by atoms with Crippen LogP contribution < -0.4 is 16.0 Å². The number of hydrogen-bond acceptors (Lipinski definition) is 8. The normalized spacial score (nSPS) is 15.5. The smallest absolute Gasteiger partial charge is 0.331 e. The number of aromatic nitrogens is 4. The zero-order valence-corrected chi connectivity index (χ0v) is 25.9. The summed E-state index contributed by atoms with van der Waals surface area (Å²) < 4.78 is 26.9. The monoisotopic (exact) mass is 650 g/mol. The number of carbonyl (C=O) groups excluding carboxylic acids is 2. The van der Waals surface area contributed by atoms with Crippen molar-refractivity contribution in [3.05, 3.63) is 97.7 Å². The van der Waals surface area contributed by atoms with Crippen LogP contribution in [0.5, 0.6) is 5.75 Å². The molecule has 0 spiro atoms. The molecule has 1 saturated heterocycles. The number of piperidine rings is 1. The number of ether oxygens (including phenoxy) is 1. The molecule has 0 unspecified atom stereocenters. The largest absolute Gasteiger partial charge is 0.497 e.